The second-order valence-corrected chi connectivity index (χ2v) is 5.03. The van der Waals surface area contributed by atoms with Crippen molar-refractivity contribution in [1.29, 1.82) is 0 Å². The molecule has 104 valence electrons. The van der Waals surface area contributed by atoms with E-state index in [4.69, 9.17) is 10.5 Å². The van der Waals surface area contributed by atoms with E-state index in [0.29, 0.717) is 17.8 Å². The summed E-state index contributed by atoms with van der Waals surface area (Å²) in [6.07, 6.45) is 0. The zero-order valence-corrected chi connectivity index (χ0v) is 11.6. The van der Waals surface area contributed by atoms with Crippen molar-refractivity contribution in [2.45, 2.75) is 0 Å². The Labute approximate surface area is 113 Å². The Balaban J connectivity index is 2.14. The van der Waals surface area contributed by atoms with E-state index < -0.39 is 0 Å². The third-order valence-electron chi connectivity index (χ3n) is 3.16. The topological polar surface area (TPSA) is 58.8 Å². The van der Waals surface area contributed by atoms with Gasteiger partial charge >= 0.3 is 0 Å². The lowest BCUT2D eigenvalue weighted by atomic mass is 10.1. The number of carbonyl (C=O) groups excluding carboxylic acids is 1. The van der Waals surface area contributed by atoms with Gasteiger partial charge < -0.3 is 20.3 Å². The summed E-state index contributed by atoms with van der Waals surface area (Å²) in [6, 6.07) is 5.56. The number of ether oxygens (including phenoxy) is 1. The Bertz CT molecular complexity index is 454. The summed E-state index contributed by atoms with van der Waals surface area (Å²) >= 11 is 0. The standard InChI is InChI=1S/C14H21N3O2/c1-16(2)10-14(18)11-3-4-13(12(15)9-11)17-5-7-19-8-6-17/h3-4,9H,5-8,10,15H2,1-2H3. The van der Waals surface area contributed by atoms with Crippen LogP contribution in [0, 0.1) is 0 Å². The lowest BCUT2D eigenvalue weighted by molar-refractivity contribution is 0.0958. The summed E-state index contributed by atoms with van der Waals surface area (Å²) in [4.78, 5) is 16.0. The van der Waals surface area contributed by atoms with Gasteiger partial charge in [-0.3, -0.25) is 4.79 Å². The fraction of sp³-hybridized carbons (Fsp3) is 0.500. The van der Waals surface area contributed by atoms with Crippen molar-refractivity contribution in [2.24, 2.45) is 0 Å². The van der Waals surface area contributed by atoms with Gasteiger partial charge in [0.05, 0.1) is 31.1 Å². The maximum absolute atomic E-state index is 12.0. The van der Waals surface area contributed by atoms with Crippen LogP contribution in [0.2, 0.25) is 0 Å². The fourth-order valence-electron chi connectivity index (χ4n) is 2.20. The number of nitrogens with two attached hydrogens (primary N) is 1. The van der Waals surface area contributed by atoms with Crippen LogP contribution in [0.5, 0.6) is 0 Å². The van der Waals surface area contributed by atoms with Crippen molar-refractivity contribution >= 4 is 17.2 Å². The molecule has 0 atom stereocenters. The van der Waals surface area contributed by atoms with Gasteiger partial charge in [-0.05, 0) is 32.3 Å². The van der Waals surface area contributed by atoms with Crippen LogP contribution in [0.25, 0.3) is 0 Å². The Kier molecular flexibility index (Phi) is 4.39. The summed E-state index contributed by atoms with van der Waals surface area (Å²) < 4.78 is 5.32. The normalized spacial score (nSPS) is 15.8. The van der Waals surface area contributed by atoms with Crippen LogP contribution in [0.1, 0.15) is 10.4 Å². The Morgan fingerprint density at radius 3 is 2.63 bits per heavy atom. The number of rotatable bonds is 4. The highest BCUT2D eigenvalue weighted by Gasteiger charge is 2.15. The molecule has 1 aliphatic rings. The first kappa shape index (κ1) is 13.8. The average molecular weight is 263 g/mol. The second kappa shape index (κ2) is 6.04. The molecule has 0 saturated carbocycles. The number of hydrogen-bond acceptors (Lipinski definition) is 5. The number of anilines is 2. The Morgan fingerprint density at radius 1 is 1.37 bits per heavy atom. The molecule has 2 rings (SSSR count). The first-order chi connectivity index (χ1) is 9.08. The SMILES string of the molecule is CN(C)CC(=O)c1ccc(N2CCOCC2)c(N)c1. The molecular formula is C14H21N3O2. The molecule has 2 N–H and O–H groups in total. The van der Waals surface area contributed by atoms with Crippen molar-refractivity contribution in [2.75, 3.05) is 57.6 Å². The van der Waals surface area contributed by atoms with E-state index in [2.05, 4.69) is 4.90 Å². The number of nitrogen functional groups attached to an aromatic ring is 1. The number of hydrogen-bond donors (Lipinski definition) is 1. The molecule has 0 radical (unpaired) electrons. The predicted molar refractivity (Wildman–Crippen MR) is 76.8 cm³/mol. The van der Waals surface area contributed by atoms with E-state index in [1.54, 1.807) is 6.07 Å². The molecule has 0 amide bonds. The molecule has 0 bridgehead atoms. The minimum absolute atomic E-state index is 0.0882. The third kappa shape index (κ3) is 3.45. The molecule has 1 fully saturated rings. The van der Waals surface area contributed by atoms with Crippen LogP contribution in [0.3, 0.4) is 0 Å². The van der Waals surface area contributed by atoms with Gasteiger partial charge in [0.2, 0.25) is 0 Å². The van der Waals surface area contributed by atoms with E-state index in [1.165, 1.54) is 0 Å². The lowest BCUT2D eigenvalue weighted by Crippen LogP contribution is -2.36. The minimum atomic E-state index is 0.0882. The van der Waals surface area contributed by atoms with Crippen molar-refractivity contribution in [3.8, 4) is 0 Å². The van der Waals surface area contributed by atoms with E-state index in [1.807, 2.05) is 31.1 Å². The smallest absolute Gasteiger partial charge is 0.176 e. The number of benzene rings is 1. The molecule has 1 aromatic carbocycles. The zero-order valence-electron chi connectivity index (χ0n) is 11.6. The predicted octanol–water partition coefficient (Wildman–Crippen LogP) is 0.850. The Morgan fingerprint density at radius 2 is 2.05 bits per heavy atom. The van der Waals surface area contributed by atoms with Crippen LogP contribution in [0.15, 0.2) is 18.2 Å². The molecule has 0 unspecified atom stereocenters. The highest BCUT2D eigenvalue weighted by atomic mass is 16.5. The van der Waals surface area contributed by atoms with Crippen LogP contribution in [-0.4, -0.2) is 57.6 Å². The maximum atomic E-state index is 12.0. The van der Waals surface area contributed by atoms with Crippen molar-refractivity contribution in [3.05, 3.63) is 23.8 Å². The molecular weight excluding hydrogens is 242 g/mol. The fourth-order valence-corrected chi connectivity index (χ4v) is 2.20. The number of nitrogens with zero attached hydrogens (tertiary/aromatic N) is 2. The number of carbonyl (C=O) groups is 1. The average Bonchev–Trinajstić information content (AvgIpc) is 2.38. The molecule has 1 aromatic rings. The molecule has 5 nitrogen and oxygen atoms in total. The molecule has 19 heavy (non-hydrogen) atoms. The van der Waals surface area contributed by atoms with E-state index in [0.717, 1.165) is 32.0 Å². The van der Waals surface area contributed by atoms with Crippen LogP contribution >= 0.6 is 0 Å². The first-order valence-electron chi connectivity index (χ1n) is 6.48. The minimum Gasteiger partial charge on any atom is -0.397 e. The van der Waals surface area contributed by atoms with E-state index >= 15 is 0 Å². The van der Waals surface area contributed by atoms with Gasteiger partial charge in [0.25, 0.3) is 0 Å². The summed E-state index contributed by atoms with van der Waals surface area (Å²) in [5.74, 6) is 0.0882. The first-order valence-corrected chi connectivity index (χ1v) is 6.48. The Hall–Kier alpha value is -1.59. The lowest BCUT2D eigenvalue weighted by Gasteiger charge is -2.30. The van der Waals surface area contributed by atoms with E-state index in [9.17, 15) is 4.79 Å². The molecule has 1 saturated heterocycles. The van der Waals surface area contributed by atoms with Crippen molar-refractivity contribution in [3.63, 3.8) is 0 Å². The second-order valence-electron chi connectivity index (χ2n) is 5.03. The molecule has 0 aromatic heterocycles. The largest absolute Gasteiger partial charge is 0.397 e. The van der Waals surface area contributed by atoms with Crippen LogP contribution < -0.4 is 10.6 Å². The van der Waals surface area contributed by atoms with Crippen molar-refractivity contribution < 1.29 is 9.53 Å². The molecule has 1 heterocycles. The zero-order chi connectivity index (χ0) is 13.8. The number of Topliss-reactive ketones (excluding diaryl/α,β-unsaturated/α-hetero) is 1. The number of ketones is 1. The highest BCUT2D eigenvalue weighted by Crippen LogP contribution is 2.25. The summed E-state index contributed by atoms with van der Waals surface area (Å²) in [6.45, 7) is 3.53. The van der Waals surface area contributed by atoms with Gasteiger partial charge in [0.15, 0.2) is 5.78 Å². The van der Waals surface area contributed by atoms with Crippen molar-refractivity contribution in [1.82, 2.24) is 4.90 Å². The molecule has 1 aliphatic heterocycles. The molecule has 0 aliphatic carbocycles. The third-order valence-corrected chi connectivity index (χ3v) is 3.16. The maximum Gasteiger partial charge on any atom is 0.176 e. The number of morpholine rings is 1. The number of likely N-dealkylation sites (N-methyl/N-ethyl adjacent to an activating group) is 1. The van der Waals surface area contributed by atoms with Crippen LogP contribution in [-0.2, 0) is 4.74 Å². The van der Waals surface area contributed by atoms with Gasteiger partial charge in [0.1, 0.15) is 0 Å². The van der Waals surface area contributed by atoms with Gasteiger partial charge in [-0.15, -0.1) is 0 Å². The van der Waals surface area contributed by atoms with E-state index in [-0.39, 0.29) is 5.78 Å². The quantitative estimate of drug-likeness (QED) is 0.644. The summed E-state index contributed by atoms with van der Waals surface area (Å²) in [5, 5.41) is 0. The summed E-state index contributed by atoms with van der Waals surface area (Å²) in [5.41, 5.74) is 8.39. The monoisotopic (exact) mass is 263 g/mol. The van der Waals surface area contributed by atoms with Gasteiger partial charge in [0, 0.05) is 18.7 Å². The molecule has 0 spiro atoms. The van der Waals surface area contributed by atoms with Gasteiger partial charge in [-0.25, -0.2) is 0 Å². The highest BCUT2D eigenvalue weighted by molar-refractivity contribution is 5.99. The van der Waals surface area contributed by atoms with Gasteiger partial charge in [-0.1, -0.05) is 0 Å². The molecule has 5 heteroatoms. The van der Waals surface area contributed by atoms with Gasteiger partial charge in [-0.2, -0.15) is 0 Å². The van der Waals surface area contributed by atoms with Crippen LogP contribution in [0.4, 0.5) is 11.4 Å². The summed E-state index contributed by atoms with van der Waals surface area (Å²) in [7, 11) is 3.76.